The van der Waals surface area contributed by atoms with Crippen LogP contribution in [0.4, 0.5) is 0 Å². The molecule has 7 heteroatoms. The number of nitrogens with zero attached hydrogens (tertiary/aromatic N) is 5. The van der Waals surface area contributed by atoms with Gasteiger partial charge in [0.1, 0.15) is 6.33 Å². The van der Waals surface area contributed by atoms with Gasteiger partial charge in [0.25, 0.3) is 5.91 Å². The van der Waals surface area contributed by atoms with Gasteiger partial charge in [0.05, 0.1) is 6.61 Å². The number of aromatic nitrogens is 3. The van der Waals surface area contributed by atoms with Gasteiger partial charge < -0.3 is 14.5 Å². The molecule has 0 aliphatic carbocycles. The lowest BCUT2D eigenvalue weighted by molar-refractivity contribution is 0.0580. The highest BCUT2D eigenvalue weighted by Gasteiger charge is 2.44. The Morgan fingerprint density at radius 3 is 2.73 bits per heavy atom. The first-order chi connectivity index (χ1) is 10.5. The Bertz CT molecular complexity index is 536. The second-order valence-electron chi connectivity index (χ2n) is 6.76. The number of hydrogen-bond donors (Lipinski definition) is 0. The average Bonchev–Trinajstić information content (AvgIpc) is 3.05. The molecule has 0 saturated carbocycles. The van der Waals surface area contributed by atoms with E-state index < -0.39 is 0 Å². The van der Waals surface area contributed by atoms with Crippen LogP contribution in [0.1, 0.15) is 29.9 Å². The summed E-state index contributed by atoms with van der Waals surface area (Å²) in [6.07, 6.45) is 4.84. The van der Waals surface area contributed by atoms with E-state index in [1.807, 2.05) is 4.90 Å². The van der Waals surface area contributed by atoms with Crippen molar-refractivity contribution in [3.63, 3.8) is 0 Å². The predicted molar refractivity (Wildman–Crippen MR) is 81.5 cm³/mol. The minimum absolute atomic E-state index is 0.0461. The minimum atomic E-state index is -0.0461. The summed E-state index contributed by atoms with van der Waals surface area (Å²) in [5, 5.41) is 4.11. The average molecular weight is 307 g/mol. The van der Waals surface area contributed by atoms with Crippen molar-refractivity contribution in [2.75, 3.05) is 40.4 Å². The molecule has 1 aromatic rings. The van der Waals surface area contributed by atoms with Crippen molar-refractivity contribution in [3.8, 4) is 0 Å². The molecule has 122 valence electrons. The summed E-state index contributed by atoms with van der Waals surface area (Å²) in [6.45, 7) is 3.49. The summed E-state index contributed by atoms with van der Waals surface area (Å²) in [5.74, 6) is 0.259. The van der Waals surface area contributed by atoms with Gasteiger partial charge in [-0.3, -0.25) is 9.48 Å². The van der Waals surface area contributed by atoms with E-state index in [-0.39, 0.29) is 5.91 Å². The largest absolute Gasteiger partial charge is 0.383 e. The number of carbonyl (C=O) groups is 1. The quantitative estimate of drug-likeness (QED) is 0.808. The van der Waals surface area contributed by atoms with Gasteiger partial charge in [-0.2, -0.15) is 0 Å². The zero-order valence-electron chi connectivity index (χ0n) is 13.7. The first kappa shape index (κ1) is 15.4. The zero-order chi connectivity index (χ0) is 15.7. The van der Waals surface area contributed by atoms with Gasteiger partial charge in [0.15, 0.2) is 0 Å². The maximum atomic E-state index is 12.4. The van der Waals surface area contributed by atoms with Crippen LogP contribution in [0.2, 0.25) is 0 Å². The van der Waals surface area contributed by atoms with Crippen LogP contribution in [-0.4, -0.2) is 76.9 Å². The molecular weight excluding hydrogens is 282 g/mol. The molecular formula is C15H25N5O2. The highest BCUT2D eigenvalue weighted by atomic mass is 16.5. The van der Waals surface area contributed by atoms with Gasteiger partial charge in [-0.05, 0) is 31.7 Å². The number of likely N-dealkylation sites (N-methyl/N-ethyl adjacent to an activating group) is 1. The van der Waals surface area contributed by atoms with E-state index in [0.717, 1.165) is 39.1 Å². The van der Waals surface area contributed by atoms with Gasteiger partial charge in [0.2, 0.25) is 5.82 Å². The normalized spacial score (nSPS) is 25.0. The highest BCUT2D eigenvalue weighted by Crippen LogP contribution is 2.42. The summed E-state index contributed by atoms with van der Waals surface area (Å²) in [5.41, 5.74) is 0.340. The fourth-order valence-electron chi connectivity index (χ4n) is 3.88. The fourth-order valence-corrected chi connectivity index (χ4v) is 3.88. The fraction of sp³-hybridized carbons (Fsp3) is 0.800. The Hall–Kier alpha value is -1.47. The number of piperidine rings is 1. The molecule has 0 bridgehead atoms. The second-order valence-corrected chi connectivity index (χ2v) is 6.76. The van der Waals surface area contributed by atoms with Crippen molar-refractivity contribution in [1.29, 1.82) is 0 Å². The first-order valence-corrected chi connectivity index (χ1v) is 7.87. The molecule has 2 saturated heterocycles. The van der Waals surface area contributed by atoms with Crippen molar-refractivity contribution in [1.82, 2.24) is 24.6 Å². The number of methoxy groups -OCH3 is 1. The molecule has 2 fully saturated rings. The third kappa shape index (κ3) is 2.87. The van der Waals surface area contributed by atoms with Crippen molar-refractivity contribution in [2.45, 2.75) is 25.3 Å². The molecule has 2 aliphatic rings. The lowest BCUT2D eigenvalue weighted by Gasteiger charge is -2.38. The third-order valence-electron chi connectivity index (χ3n) is 5.14. The van der Waals surface area contributed by atoms with Gasteiger partial charge in [0, 0.05) is 39.8 Å². The van der Waals surface area contributed by atoms with E-state index in [2.05, 4.69) is 22.0 Å². The van der Waals surface area contributed by atoms with E-state index in [9.17, 15) is 4.79 Å². The van der Waals surface area contributed by atoms with Crippen molar-refractivity contribution in [2.24, 2.45) is 12.5 Å². The van der Waals surface area contributed by atoms with Crippen LogP contribution in [0.5, 0.6) is 0 Å². The van der Waals surface area contributed by atoms with E-state index in [1.54, 1.807) is 25.2 Å². The highest BCUT2D eigenvalue weighted by molar-refractivity contribution is 5.90. The number of rotatable bonds is 3. The Morgan fingerprint density at radius 2 is 2.14 bits per heavy atom. The Balaban J connectivity index is 1.60. The standard InChI is InChI=1S/C15H25N5O2/c1-18-10-15(8-12(18)9-22-3)4-6-20(7-5-15)14(21)13-16-11-19(2)17-13/h11-12H,4-10H2,1-3H3/t12-/m0/s1. The van der Waals surface area contributed by atoms with Crippen molar-refractivity contribution >= 4 is 5.91 Å². The number of ether oxygens (including phenoxy) is 1. The molecule has 0 unspecified atom stereocenters. The number of likely N-dealkylation sites (tertiary alicyclic amines) is 2. The summed E-state index contributed by atoms with van der Waals surface area (Å²) in [6, 6.07) is 0.504. The maximum absolute atomic E-state index is 12.4. The van der Waals surface area contributed by atoms with E-state index >= 15 is 0 Å². The zero-order valence-corrected chi connectivity index (χ0v) is 13.7. The van der Waals surface area contributed by atoms with Crippen LogP contribution in [-0.2, 0) is 11.8 Å². The molecule has 22 heavy (non-hydrogen) atoms. The Labute approximate surface area is 131 Å². The molecule has 1 atom stereocenters. The monoisotopic (exact) mass is 307 g/mol. The SMILES string of the molecule is COC[C@@H]1CC2(CCN(C(=O)c3ncn(C)n3)CC2)CN1C. The first-order valence-electron chi connectivity index (χ1n) is 7.87. The molecule has 1 spiro atoms. The lowest BCUT2D eigenvalue weighted by atomic mass is 9.76. The van der Waals surface area contributed by atoms with Crippen LogP contribution in [0.15, 0.2) is 6.33 Å². The van der Waals surface area contributed by atoms with Crippen LogP contribution >= 0.6 is 0 Å². The smallest absolute Gasteiger partial charge is 0.293 e. The molecule has 1 aromatic heterocycles. The Morgan fingerprint density at radius 1 is 1.41 bits per heavy atom. The van der Waals surface area contributed by atoms with Gasteiger partial charge in [-0.15, -0.1) is 5.10 Å². The summed E-state index contributed by atoms with van der Waals surface area (Å²) in [7, 11) is 5.72. The molecule has 7 nitrogen and oxygen atoms in total. The van der Waals surface area contributed by atoms with Gasteiger partial charge in [-0.1, -0.05) is 0 Å². The van der Waals surface area contributed by atoms with E-state index in [4.69, 9.17) is 4.74 Å². The van der Waals surface area contributed by atoms with Crippen molar-refractivity contribution in [3.05, 3.63) is 12.2 Å². The number of hydrogen-bond acceptors (Lipinski definition) is 5. The molecule has 3 rings (SSSR count). The van der Waals surface area contributed by atoms with Crippen LogP contribution in [0, 0.1) is 5.41 Å². The number of carbonyl (C=O) groups excluding carboxylic acids is 1. The molecule has 1 amide bonds. The maximum Gasteiger partial charge on any atom is 0.293 e. The predicted octanol–water partition coefficient (Wildman–Crippen LogP) is 0.388. The summed E-state index contributed by atoms with van der Waals surface area (Å²) >= 11 is 0. The molecule has 0 radical (unpaired) electrons. The second kappa shape index (κ2) is 5.96. The summed E-state index contributed by atoms with van der Waals surface area (Å²) < 4.78 is 6.89. The molecule has 0 N–H and O–H groups in total. The van der Waals surface area contributed by atoms with Crippen LogP contribution in [0.25, 0.3) is 0 Å². The van der Waals surface area contributed by atoms with Crippen LogP contribution in [0.3, 0.4) is 0 Å². The molecule has 0 aromatic carbocycles. The van der Waals surface area contributed by atoms with Gasteiger partial charge >= 0.3 is 0 Å². The Kier molecular flexibility index (Phi) is 4.18. The number of aryl methyl sites for hydroxylation is 1. The molecule has 2 aliphatic heterocycles. The van der Waals surface area contributed by atoms with Crippen molar-refractivity contribution < 1.29 is 9.53 Å². The topological polar surface area (TPSA) is 63.5 Å². The van der Waals surface area contributed by atoms with Gasteiger partial charge in [-0.25, -0.2) is 4.98 Å². The van der Waals surface area contributed by atoms with E-state index in [0.29, 0.717) is 17.3 Å². The number of amides is 1. The minimum Gasteiger partial charge on any atom is -0.383 e. The molecule has 3 heterocycles. The summed E-state index contributed by atoms with van der Waals surface area (Å²) in [4.78, 5) is 20.8. The van der Waals surface area contributed by atoms with Crippen LogP contribution < -0.4 is 0 Å². The third-order valence-corrected chi connectivity index (χ3v) is 5.14. The van der Waals surface area contributed by atoms with E-state index in [1.165, 1.54) is 6.42 Å². The lowest BCUT2D eigenvalue weighted by Crippen LogP contribution is -2.44.